The third-order valence-electron chi connectivity index (χ3n) is 4.06. The summed E-state index contributed by atoms with van der Waals surface area (Å²) in [5.41, 5.74) is 2.65. The van der Waals surface area contributed by atoms with Gasteiger partial charge in [-0.05, 0) is 75.3 Å². The Labute approximate surface area is 165 Å². The number of nitrogens with one attached hydrogen (secondary N) is 2. The zero-order valence-electron chi connectivity index (χ0n) is 16.4. The number of carbonyl (C=O) groups excluding carboxylic acids is 1. The van der Waals surface area contributed by atoms with Gasteiger partial charge in [0.05, 0.1) is 5.69 Å². The van der Waals surface area contributed by atoms with Gasteiger partial charge in [-0.3, -0.25) is 4.79 Å². The van der Waals surface area contributed by atoms with Gasteiger partial charge in [-0.25, -0.2) is 0 Å². The van der Waals surface area contributed by atoms with Crippen LogP contribution >= 0.6 is 0 Å². The first-order chi connectivity index (χ1) is 13.6. The van der Waals surface area contributed by atoms with Crippen LogP contribution in [0.15, 0.2) is 52.7 Å². The van der Waals surface area contributed by atoms with Crippen LogP contribution in [0, 0.1) is 0 Å². The second-order valence-corrected chi connectivity index (χ2v) is 6.23. The normalized spacial score (nSPS) is 11.1. The Morgan fingerprint density at radius 3 is 2.61 bits per heavy atom. The predicted molar refractivity (Wildman–Crippen MR) is 110 cm³/mol. The fraction of sp³-hybridized carbons (Fsp3) is 0.381. The van der Waals surface area contributed by atoms with Crippen molar-refractivity contribution < 1.29 is 14.6 Å². The average Bonchev–Trinajstić information content (AvgIpc) is 2.72. The van der Waals surface area contributed by atoms with E-state index in [1.165, 1.54) is 0 Å². The van der Waals surface area contributed by atoms with E-state index in [0.29, 0.717) is 36.7 Å². The maximum Gasteiger partial charge on any atom is 0.251 e. The predicted octanol–water partition coefficient (Wildman–Crippen LogP) is 3.73. The van der Waals surface area contributed by atoms with E-state index in [9.17, 15) is 9.90 Å². The van der Waals surface area contributed by atoms with Gasteiger partial charge in [0.25, 0.3) is 5.91 Å². The first kappa shape index (κ1) is 21.5. The fourth-order valence-electron chi connectivity index (χ4n) is 2.49. The van der Waals surface area contributed by atoms with Crippen LogP contribution in [0.1, 0.15) is 29.3 Å². The number of hydrogen-bond donors (Lipinski definition) is 3. The van der Waals surface area contributed by atoms with E-state index in [2.05, 4.69) is 20.9 Å². The Bertz CT molecular complexity index is 776. The van der Waals surface area contributed by atoms with Gasteiger partial charge < -0.3 is 20.5 Å². The number of phenolic OH excluding ortho intramolecular Hbond substituents is 1. The van der Waals surface area contributed by atoms with Crippen LogP contribution in [0.25, 0.3) is 0 Å². The van der Waals surface area contributed by atoms with Gasteiger partial charge in [-0.15, -0.1) is 5.11 Å². The van der Waals surface area contributed by atoms with Crippen molar-refractivity contribution in [3.63, 3.8) is 0 Å². The van der Waals surface area contributed by atoms with E-state index in [4.69, 9.17) is 4.74 Å². The van der Waals surface area contributed by atoms with Gasteiger partial charge in [0.2, 0.25) is 0 Å². The minimum Gasteiger partial charge on any atom is -0.506 e. The summed E-state index contributed by atoms with van der Waals surface area (Å²) in [6.07, 6.45) is 1.62. The van der Waals surface area contributed by atoms with Crippen molar-refractivity contribution in [2.24, 2.45) is 10.2 Å². The zero-order valence-corrected chi connectivity index (χ0v) is 16.4. The molecule has 7 nitrogen and oxygen atoms in total. The standard InChI is InChI=1S/C21H28N4O3/c1-3-28-14-4-12-23-21(27)17-6-8-18(9-7-17)24-25-19-15-16(11-13-22-2)5-10-20(19)26/h5-10,15,22,26H,3-4,11-14H2,1-2H3,(H,23,27)/b25-24+. The Morgan fingerprint density at radius 2 is 1.89 bits per heavy atom. The first-order valence-electron chi connectivity index (χ1n) is 9.48. The molecule has 0 fully saturated rings. The van der Waals surface area contributed by atoms with Gasteiger partial charge in [-0.2, -0.15) is 5.11 Å². The summed E-state index contributed by atoms with van der Waals surface area (Å²) < 4.78 is 5.24. The van der Waals surface area contributed by atoms with Gasteiger partial charge in [0.1, 0.15) is 11.4 Å². The number of nitrogens with zero attached hydrogens (tertiary/aromatic N) is 2. The molecule has 0 aromatic heterocycles. The number of likely N-dealkylation sites (N-methyl/N-ethyl adjacent to an activating group) is 1. The van der Waals surface area contributed by atoms with Gasteiger partial charge in [0.15, 0.2) is 0 Å². The molecule has 150 valence electrons. The molecule has 0 unspecified atom stereocenters. The maximum absolute atomic E-state index is 12.1. The van der Waals surface area contributed by atoms with Gasteiger partial charge in [0, 0.05) is 25.3 Å². The molecule has 0 aliphatic rings. The number of ether oxygens (including phenoxy) is 1. The molecular formula is C21H28N4O3. The Balaban J connectivity index is 1.93. The number of amides is 1. The quantitative estimate of drug-likeness (QED) is 0.406. The summed E-state index contributed by atoms with van der Waals surface area (Å²) in [5, 5.41) is 24.2. The molecule has 0 radical (unpaired) electrons. The van der Waals surface area contributed by atoms with Crippen LogP contribution in [0.3, 0.4) is 0 Å². The first-order valence-corrected chi connectivity index (χ1v) is 9.48. The summed E-state index contributed by atoms with van der Waals surface area (Å²) in [4.78, 5) is 12.1. The third-order valence-corrected chi connectivity index (χ3v) is 4.06. The summed E-state index contributed by atoms with van der Waals surface area (Å²) in [5.74, 6) is -0.0464. The molecule has 0 aliphatic carbocycles. The molecule has 0 saturated heterocycles. The van der Waals surface area contributed by atoms with E-state index in [-0.39, 0.29) is 11.7 Å². The highest BCUT2D eigenvalue weighted by Gasteiger charge is 2.05. The second-order valence-electron chi connectivity index (χ2n) is 6.23. The van der Waals surface area contributed by atoms with Crippen molar-refractivity contribution in [2.45, 2.75) is 19.8 Å². The topological polar surface area (TPSA) is 95.3 Å². The summed E-state index contributed by atoms with van der Waals surface area (Å²) in [7, 11) is 1.89. The maximum atomic E-state index is 12.1. The molecule has 2 rings (SSSR count). The molecule has 0 spiro atoms. The molecule has 7 heteroatoms. The number of carbonyl (C=O) groups is 1. The van der Waals surface area contributed by atoms with E-state index < -0.39 is 0 Å². The smallest absolute Gasteiger partial charge is 0.251 e. The number of phenols is 1. The summed E-state index contributed by atoms with van der Waals surface area (Å²) in [6, 6.07) is 12.2. The Kier molecular flexibility index (Phi) is 9.10. The van der Waals surface area contributed by atoms with Gasteiger partial charge >= 0.3 is 0 Å². The van der Waals surface area contributed by atoms with Crippen LogP contribution in [-0.4, -0.2) is 44.4 Å². The van der Waals surface area contributed by atoms with Crippen LogP contribution < -0.4 is 10.6 Å². The summed E-state index contributed by atoms with van der Waals surface area (Å²) in [6.45, 7) is 4.68. The lowest BCUT2D eigenvalue weighted by Crippen LogP contribution is -2.25. The van der Waals surface area contributed by atoms with E-state index in [1.54, 1.807) is 30.3 Å². The number of benzene rings is 2. The van der Waals surface area contributed by atoms with Crippen LogP contribution in [0.4, 0.5) is 11.4 Å². The van der Waals surface area contributed by atoms with Crippen LogP contribution in [0.5, 0.6) is 5.75 Å². The van der Waals surface area contributed by atoms with Crippen LogP contribution in [0.2, 0.25) is 0 Å². The van der Waals surface area contributed by atoms with Crippen molar-refractivity contribution in [1.29, 1.82) is 0 Å². The Hall–Kier alpha value is -2.77. The van der Waals surface area contributed by atoms with Crippen LogP contribution in [-0.2, 0) is 11.2 Å². The molecule has 0 heterocycles. The Morgan fingerprint density at radius 1 is 1.11 bits per heavy atom. The molecule has 2 aromatic rings. The highest BCUT2D eigenvalue weighted by molar-refractivity contribution is 5.94. The molecule has 0 saturated carbocycles. The van der Waals surface area contributed by atoms with E-state index >= 15 is 0 Å². The number of hydrogen-bond acceptors (Lipinski definition) is 6. The van der Waals surface area contributed by atoms with Crippen molar-refractivity contribution in [1.82, 2.24) is 10.6 Å². The highest BCUT2D eigenvalue weighted by atomic mass is 16.5. The van der Waals surface area contributed by atoms with E-state index in [0.717, 1.165) is 24.9 Å². The molecule has 28 heavy (non-hydrogen) atoms. The van der Waals surface area contributed by atoms with Crippen molar-refractivity contribution in [3.05, 3.63) is 53.6 Å². The number of aromatic hydroxyl groups is 1. The molecule has 0 atom stereocenters. The second kappa shape index (κ2) is 11.8. The lowest BCUT2D eigenvalue weighted by Gasteiger charge is -2.05. The third kappa shape index (κ3) is 7.09. The van der Waals surface area contributed by atoms with E-state index in [1.807, 2.05) is 26.1 Å². The van der Waals surface area contributed by atoms with Crippen molar-refractivity contribution in [3.8, 4) is 5.75 Å². The largest absolute Gasteiger partial charge is 0.506 e. The lowest BCUT2D eigenvalue weighted by atomic mass is 10.1. The molecular weight excluding hydrogens is 356 g/mol. The van der Waals surface area contributed by atoms with Gasteiger partial charge in [-0.1, -0.05) is 6.07 Å². The summed E-state index contributed by atoms with van der Waals surface area (Å²) >= 11 is 0. The molecule has 1 amide bonds. The molecule has 0 aliphatic heterocycles. The SMILES string of the molecule is CCOCCCNC(=O)c1ccc(/N=N/c2cc(CCNC)ccc2O)cc1. The van der Waals surface area contributed by atoms with Crippen molar-refractivity contribution in [2.75, 3.05) is 33.4 Å². The minimum absolute atomic E-state index is 0.0833. The monoisotopic (exact) mass is 384 g/mol. The lowest BCUT2D eigenvalue weighted by molar-refractivity contribution is 0.0944. The minimum atomic E-state index is -0.130. The molecule has 0 bridgehead atoms. The highest BCUT2D eigenvalue weighted by Crippen LogP contribution is 2.29. The average molecular weight is 384 g/mol. The number of rotatable bonds is 11. The molecule has 3 N–H and O–H groups in total. The number of azo groups is 1. The molecule has 2 aromatic carbocycles. The van der Waals surface area contributed by atoms with Crippen molar-refractivity contribution >= 4 is 17.3 Å². The zero-order chi connectivity index (χ0) is 20.2. The fourth-order valence-corrected chi connectivity index (χ4v) is 2.49.